The van der Waals surface area contributed by atoms with E-state index in [0.717, 1.165) is 23.5 Å². The fraction of sp³-hybridized carbons (Fsp3) is 0.154. The number of rotatable bonds is 2. The molecule has 1 N–H and O–H groups in total. The Balaban J connectivity index is 2.43. The van der Waals surface area contributed by atoms with E-state index in [-0.39, 0.29) is 4.88 Å². The molecular weight excluding hydrogens is 277 g/mol. The molecule has 0 aliphatic rings. The van der Waals surface area contributed by atoms with Crippen molar-refractivity contribution in [3.63, 3.8) is 0 Å². The molecule has 2 aromatic rings. The lowest BCUT2D eigenvalue weighted by Crippen LogP contribution is -2.05. The van der Waals surface area contributed by atoms with Crippen LogP contribution in [0.3, 0.4) is 0 Å². The molecule has 6 heteroatoms. The molecule has 0 saturated heterocycles. The van der Waals surface area contributed by atoms with E-state index in [4.69, 9.17) is 5.11 Å². The van der Waals surface area contributed by atoms with Gasteiger partial charge in [-0.25, -0.2) is 4.79 Å². The first-order valence-electron chi connectivity index (χ1n) is 5.30. The van der Waals surface area contributed by atoms with Gasteiger partial charge < -0.3 is 5.11 Å². The number of aromatic carboxylic acids is 1. The molecule has 0 atom stereocenters. The number of benzene rings is 1. The Labute approximate surface area is 111 Å². The maximum atomic E-state index is 12.5. The summed E-state index contributed by atoms with van der Waals surface area (Å²) in [7, 11) is 0. The van der Waals surface area contributed by atoms with Crippen molar-refractivity contribution in [2.75, 3.05) is 0 Å². The van der Waals surface area contributed by atoms with E-state index in [1.807, 2.05) is 0 Å². The van der Waals surface area contributed by atoms with Crippen molar-refractivity contribution in [1.29, 1.82) is 0 Å². The third kappa shape index (κ3) is 2.78. The number of hydrogen-bond acceptors (Lipinski definition) is 2. The van der Waals surface area contributed by atoms with Gasteiger partial charge in [0.15, 0.2) is 0 Å². The Morgan fingerprint density at radius 2 is 1.89 bits per heavy atom. The van der Waals surface area contributed by atoms with Crippen LogP contribution in [-0.4, -0.2) is 11.1 Å². The minimum Gasteiger partial charge on any atom is -0.477 e. The Morgan fingerprint density at radius 3 is 2.37 bits per heavy atom. The predicted molar refractivity (Wildman–Crippen MR) is 66.5 cm³/mol. The van der Waals surface area contributed by atoms with Gasteiger partial charge in [0.25, 0.3) is 0 Å². The van der Waals surface area contributed by atoms with Crippen molar-refractivity contribution in [2.45, 2.75) is 13.1 Å². The summed E-state index contributed by atoms with van der Waals surface area (Å²) in [6.45, 7) is 1.57. The number of thiophene rings is 1. The Morgan fingerprint density at radius 1 is 1.21 bits per heavy atom. The molecular formula is C13H9F3O2S. The zero-order chi connectivity index (χ0) is 14.2. The van der Waals surface area contributed by atoms with Gasteiger partial charge >= 0.3 is 12.1 Å². The summed E-state index contributed by atoms with van der Waals surface area (Å²) in [5.74, 6) is -1.04. The van der Waals surface area contributed by atoms with Crippen LogP contribution in [0.25, 0.3) is 10.4 Å². The van der Waals surface area contributed by atoms with Gasteiger partial charge in [0.05, 0.1) is 5.56 Å². The molecule has 0 radical (unpaired) electrons. The smallest absolute Gasteiger partial charge is 0.416 e. The molecule has 0 aliphatic heterocycles. The first kappa shape index (κ1) is 13.6. The van der Waals surface area contributed by atoms with Crippen LogP contribution in [0.2, 0.25) is 0 Å². The molecule has 2 nitrogen and oxygen atoms in total. The lowest BCUT2D eigenvalue weighted by Gasteiger charge is -2.10. The topological polar surface area (TPSA) is 37.3 Å². The van der Waals surface area contributed by atoms with Gasteiger partial charge in [-0.3, -0.25) is 0 Å². The fourth-order valence-corrected chi connectivity index (χ4v) is 2.65. The summed E-state index contributed by atoms with van der Waals surface area (Å²) in [6.07, 6.45) is -4.37. The number of carboxylic acid groups (broad SMARTS) is 1. The molecule has 2 rings (SSSR count). The second kappa shape index (κ2) is 4.70. The highest BCUT2D eigenvalue weighted by Gasteiger charge is 2.30. The lowest BCUT2D eigenvalue weighted by molar-refractivity contribution is -0.137. The number of aryl methyl sites for hydroxylation is 1. The molecule has 100 valence electrons. The van der Waals surface area contributed by atoms with Crippen LogP contribution in [-0.2, 0) is 6.18 Å². The molecule has 0 spiro atoms. The van der Waals surface area contributed by atoms with Gasteiger partial charge in [0.2, 0.25) is 0 Å². The van der Waals surface area contributed by atoms with E-state index >= 15 is 0 Å². The van der Waals surface area contributed by atoms with Crippen LogP contribution in [0.4, 0.5) is 13.2 Å². The van der Waals surface area contributed by atoms with Crippen molar-refractivity contribution in [2.24, 2.45) is 0 Å². The minimum absolute atomic E-state index is 0.161. The van der Waals surface area contributed by atoms with Crippen molar-refractivity contribution in [1.82, 2.24) is 0 Å². The van der Waals surface area contributed by atoms with Gasteiger partial charge in [-0.2, -0.15) is 13.2 Å². The van der Waals surface area contributed by atoms with Crippen molar-refractivity contribution >= 4 is 17.3 Å². The monoisotopic (exact) mass is 286 g/mol. The van der Waals surface area contributed by atoms with E-state index in [1.165, 1.54) is 12.1 Å². The average molecular weight is 286 g/mol. The fourth-order valence-electron chi connectivity index (χ4n) is 1.71. The third-order valence-corrected chi connectivity index (χ3v) is 3.74. The quantitative estimate of drug-likeness (QED) is 0.886. The number of hydrogen-bond donors (Lipinski definition) is 1. The van der Waals surface area contributed by atoms with Gasteiger partial charge in [-0.05, 0) is 42.3 Å². The highest BCUT2D eigenvalue weighted by molar-refractivity contribution is 7.17. The molecule has 0 amide bonds. The minimum atomic E-state index is -4.37. The van der Waals surface area contributed by atoms with E-state index in [9.17, 15) is 18.0 Å². The predicted octanol–water partition coefficient (Wildman–Crippen LogP) is 4.44. The molecule has 1 aromatic carbocycles. The molecule has 1 heterocycles. The maximum absolute atomic E-state index is 12.5. The zero-order valence-electron chi connectivity index (χ0n) is 9.78. The molecule has 0 unspecified atom stereocenters. The summed E-state index contributed by atoms with van der Waals surface area (Å²) < 4.78 is 37.6. The van der Waals surface area contributed by atoms with Gasteiger partial charge in [-0.15, -0.1) is 11.3 Å². The Bertz CT molecular complexity index is 629. The van der Waals surface area contributed by atoms with Crippen molar-refractivity contribution < 1.29 is 23.1 Å². The highest BCUT2D eigenvalue weighted by Crippen LogP contribution is 2.35. The summed E-state index contributed by atoms with van der Waals surface area (Å²) in [5, 5.41) is 8.83. The van der Waals surface area contributed by atoms with E-state index in [1.54, 1.807) is 13.0 Å². The standard InChI is InChI=1S/C13H9F3O2S/c1-7-6-8(13(14,15)16)2-3-9(7)10-4-5-11(19-10)12(17)18/h2-6H,1H3,(H,17,18). The summed E-state index contributed by atoms with van der Waals surface area (Å²) in [5.41, 5.74) is 0.378. The summed E-state index contributed by atoms with van der Waals surface area (Å²) in [4.78, 5) is 11.6. The Hall–Kier alpha value is -1.82. The second-order valence-corrected chi connectivity index (χ2v) is 5.08. The molecule has 0 aliphatic carbocycles. The first-order chi connectivity index (χ1) is 8.79. The number of carbonyl (C=O) groups is 1. The van der Waals surface area contributed by atoms with Crippen molar-refractivity contribution in [3.8, 4) is 10.4 Å². The van der Waals surface area contributed by atoms with Crippen molar-refractivity contribution in [3.05, 3.63) is 46.3 Å². The normalized spacial score (nSPS) is 11.6. The van der Waals surface area contributed by atoms with Crippen LogP contribution < -0.4 is 0 Å². The van der Waals surface area contributed by atoms with Crippen LogP contribution >= 0.6 is 11.3 Å². The molecule has 19 heavy (non-hydrogen) atoms. The van der Waals surface area contributed by atoms with Crippen LogP contribution in [0, 0.1) is 6.92 Å². The first-order valence-corrected chi connectivity index (χ1v) is 6.12. The number of halogens is 3. The van der Waals surface area contributed by atoms with E-state index in [0.29, 0.717) is 16.0 Å². The third-order valence-electron chi connectivity index (χ3n) is 2.64. The molecule has 0 bridgehead atoms. The van der Waals surface area contributed by atoms with Gasteiger partial charge in [-0.1, -0.05) is 6.07 Å². The maximum Gasteiger partial charge on any atom is 0.416 e. The largest absolute Gasteiger partial charge is 0.477 e. The molecule has 0 fully saturated rings. The summed E-state index contributed by atoms with van der Waals surface area (Å²) in [6, 6.07) is 6.48. The highest BCUT2D eigenvalue weighted by atomic mass is 32.1. The lowest BCUT2D eigenvalue weighted by atomic mass is 10.0. The molecule has 1 aromatic heterocycles. The van der Waals surface area contributed by atoms with Crippen LogP contribution in [0.1, 0.15) is 20.8 Å². The SMILES string of the molecule is Cc1cc(C(F)(F)F)ccc1-c1ccc(C(=O)O)s1. The molecule has 0 saturated carbocycles. The second-order valence-electron chi connectivity index (χ2n) is 4.00. The number of alkyl halides is 3. The van der Waals surface area contributed by atoms with E-state index < -0.39 is 17.7 Å². The van der Waals surface area contributed by atoms with Crippen LogP contribution in [0.15, 0.2) is 30.3 Å². The summed E-state index contributed by atoms with van der Waals surface area (Å²) >= 11 is 1.04. The van der Waals surface area contributed by atoms with Crippen LogP contribution in [0.5, 0.6) is 0 Å². The average Bonchev–Trinajstić information content (AvgIpc) is 2.76. The van der Waals surface area contributed by atoms with Gasteiger partial charge in [0.1, 0.15) is 4.88 Å². The van der Waals surface area contributed by atoms with E-state index in [2.05, 4.69) is 0 Å². The van der Waals surface area contributed by atoms with Gasteiger partial charge in [0, 0.05) is 4.88 Å². The zero-order valence-corrected chi connectivity index (χ0v) is 10.6. The Kier molecular flexibility index (Phi) is 3.36. The number of carboxylic acids is 1.